The molecule has 1 aliphatic rings. The maximum atomic E-state index is 11.6. The summed E-state index contributed by atoms with van der Waals surface area (Å²) in [5.41, 5.74) is 0. The molecule has 2 atom stereocenters. The zero-order valence-corrected chi connectivity index (χ0v) is 17.6. The van der Waals surface area contributed by atoms with E-state index in [1.54, 1.807) is 0 Å². The summed E-state index contributed by atoms with van der Waals surface area (Å²) in [5.74, 6) is 0.212. The van der Waals surface area contributed by atoms with Crippen LogP contribution in [0.5, 0.6) is 0 Å². The Bertz CT molecular complexity index is 351. The Labute approximate surface area is 166 Å². The topological polar surface area (TPSA) is 67.8 Å². The van der Waals surface area contributed by atoms with Crippen molar-refractivity contribution >= 4 is 6.09 Å². The average Bonchev–Trinajstić information content (AvgIpc) is 3.15. The van der Waals surface area contributed by atoms with Gasteiger partial charge in [0, 0.05) is 12.5 Å². The fourth-order valence-corrected chi connectivity index (χ4v) is 3.60. The van der Waals surface area contributed by atoms with Gasteiger partial charge >= 0.3 is 6.09 Å². The molecule has 0 bridgehead atoms. The smallest absolute Gasteiger partial charge is 0.407 e. The molecular formula is C22H43NO4. The third-order valence-electron chi connectivity index (χ3n) is 5.37. The van der Waals surface area contributed by atoms with Crippen molar-refractivity contribution in [1.82, 2.24) is 5.32 Å². The molecule has 0 spiro atoms. The van der Waals surface area contributed by atoms with Crippen LogP contribution in [0.4, 0.5) is 4.79 Å². The van der Waals surface area contributed by atoms with Crippen LogP contribution in [0.2, 0.25) is 0 Å². The molecule has 27 heavy (non-hydrogen) atoms. The summed E-state index contributed by atoms with van der Waals surface area (Å²) in [6, 6.07) is 0. The molecule has 1 saturated heterocycles. The highest BCUT2D eigenvalue weighted by molar-refractivity contribution is 5.67. The van der Waals surface area contributed by atoms with Crippen LogP contribution in [0.25, 0.3) is 0 Å². The molecule has 1 aliphatic heterocycles. The van der Waals surface area contributed by atoms with Crippen molar-refractivity contribution in [3.05, 3.63) is 0 Å². The van der Waals surface area contributed by atoms with Gasteiger partial charge < -0.3 is 19.9 Å². The Morgan fingerprint density at radius 3 is 2.04 bits per heavy atom. The molecule has 0 aliphatic carbocycles. The second-order valence-electron chi connectivity index (χ2n) is 8.01. The summed E-state index contributed by atoms with van der Waals surface area (Å²) in [5, 5.41) is 11.8. The lowest BCUT2D eigenvalue weighted by Crippen LogP contribution is -2.27. The van der Waals surface area contributed by atoms with E-state index in [0.717, 1.165) is 12.8 Å². The van der Waals surface area contributed by atoms with Crippen LogP contribution in [-0.4, -0.2) is 43.7 Å². The molecule has 1 fully saturated rings. The maximum absolute atomic E-state index is 11.6. The summed E-state index contributed by atoms with van der Waals surface area (Å²) in [6.07, 6.45) is 17.6. The molecule has 1 rings (SSSR count). The lowest BCUT2D eigenvalue weighted by Gasteiger charge is -2.10. The highest BCUT2D eigenvalue weighted by atomic mass is 16.6. The third kappa shape index (κ3) is 13.9. The number of carbonyl (C=O) groups excluding carboxylic acids is 1. The highest BCUT2D eigenvalue weighted by Crippen LogP contribution is 2.19. The summed E-state index contributed by atoms with van der Waals surface area (Å²) < 4.78 is 10.6. The Kier molecular flexibility index (Phi) is 15.5. The fourth-order valence-electron chi connectivity index (χ4n) is 3.60. The monoisotopic (exact) mass is 385 g/mol. The number of unbranched alkanes of at least 4 members (excludes halogenated alkanes) is 12. The Morgan fingerprint density at radius 2 is 1.52 bits per heavy atom. The summed E-state index contributed by atoms with van der Waals surface area (Å²) in [7, 11) is 0. The van der Waals surface area contributed by atoms with E-state index in [-0.39, 0.29) is 24.7 Å². The molecule has 0 aromatic carbocycles. The van der Waals surface area contributed by atoms with Gasteiger partial charge in [-0.05, 0) is 12.8 Å². The fraction of sp³-hybridized carbons (Fsp3) is 0.955. The molecule has 160 valence electrons. The van der Waals surface area contributed by atoms with Crippen LogP contribution in [0.1, 0.15) is 96.8 Å². The molecule has 1 amide bonds. The first kappa shape index (κ1) is 24.2. The average molecular weight is 386 g/mol. The summed E-state index contributed by atoms with van der Waals surface area (Å²) in [6.45, 7) is 3.94. The molecule has 0 aromatic rings. The van der Waals surface area contributed by atoms with E-state index in [9.17, 15) is 4.79 Å². The first-order chi connectivity index (χ1) is 13.3. The van der Waals surface area contributed by atoms with Gasteiger partial charge in [-0.15, -0.1) is 0 Å². The van der Waals surface area contributed by atoms with Crippen LogP contribution in [0.3, 0.4) is 0 Å². The summed E-state index contributed by atoms with van der Waals surface area (Å²) in [4.78, 5) is 11.6. The number of nitrogens with one attached hydrogen (secondary N) is 1. The third-order valence-corrected chi connectivity index (χ3v) is 5.37. The molecule has 0 unspecified atom stereocenters. The van der Waals surface area contributed by atoms with Crippen molar-refractivity contribution in [1.29, 1.82) is 0 Å². The van der Waals surface area contributed by atoms with Crippen molar-refractivity contribution in [2.75, 3.05) is 26.4 Å². The number of ether oxygens (including phenoxy) is 2. The number of alkyl carbamates (subject to hydrolysis) is 1. The van der Waals surface area contributed by atoms with Gasteiger partial charge in [0.1, 0.15) is 0 Å². The number of amides is 1. The first-order valence-electron chi connectivity index (χ1n) is 11.4. The number of hydrogen-bond acceptors (Lipinski definition) is 4. The largest absolute Gasteiger partial charge is 0.449 e. The van der Waals surface area contributed by atoms with E-state index in [2.05, 4.69) is 12.2 Å². The van der Waals surface area contributed by atoms with Crippen molar-refractivity contribution in [3.8, 4) is 0 Å². The molecule has 5 heteroatoms. The highest BCUT2D eigenvalue weighted by Gasteiger charge is 2.25. The van der Waals surface area contributed by atoms with Crippen LogP contribution >= 0.6 is 0 Å². The minimum Gasteiger partial charge on any atom is -0.449 e. The standard InChI is InChI=1S/C22H43NO4/c1-2-3-4-5-6-7-8-9-10-11-12-13-14-15-23-22(25)27-19-20-16-21(17-24)26-18-20/h20-21,24H,2-19H2,1H3,(H,23,25)/t20-,21+/m1/s1. The van der Waals surface area contributed by atoms with Crippen LogP contribution in [-0.2, 0) is 9.47 Å². The van der Waals surface area contributed by atoms with E-state index >= 15 is 0 Å². The number of carbonyl (C=O) groups is 1. The van der Waals surface area contributed by atoms with Gasteiger partial charge in [0.15, 0.2) is 0 Å². The van der Waals surface area contributed by atoms with E-state index in [0.29, 0.717) is 19.8 Å². The molecular weight excluding hydrogens is 342 g/mol. The zero-order chi connectivity index (χ0) is 19.6. The van der Waals surface area contributed by atoms with Crippen LogP contribution in [0, 0.1) is 5.92 Å². The lowest BCUT2D eigenvalue weighted by atomic mass is 10.0. The molecule has 0 aromatic heterocycles. The van der Waals surface area contributed by atoms with Gasteiger partial charge in [-0.1, -0.05) is 84.0 Å². The second-order valence-corrected chi connectivity index (χ2v) is 8.01. The molecule has 2 N–H and O–H groups in total. The number of aliphatic hydroxyl groups excluding tert-OH is 1. The Morgan fingerprint density at radius 1 is 0.963 bits per heavy atom. The first-order valence-corrected chi connectivity index (χ1v) is 11.4. The predicted molar refractivity (Wildman–Crippen MR) is 110 cm³/mol. The van der Waals surface area contributed by atoms with E-state index < -0.39 is 0 Å². The van der Waals surface area contributed by atoms with Crippen LogP contribution < -0.4 is 5.32 Å². The number of aliphatic hydroxyl groups is 1. The Balaban J connectivity index is 1.76. The number of rotatable bonds is 17. The van der Waals surface area contributed by atoms with Crippen molar-refractivity contribution in [3.63, 3.8) is 0 Å². The quantitative estimate of drug-likeness (QED) is 0.338. The van der Waals surface area contributed by atoms with Gasteiger partial charge in [-0.3, -0.25) is 0 Å². The van der Waals surface area contributed by atoms with Crippen LogP contribution in [0.15, 0.2) is 0 Å². The molecule has 5 nitrogen and oxygen atoms in total. The van der Waals surface area contributed by atoms with Gasteiger partial charge in [-0.2, -0.15) is 0 Å². The zero-order valence-electron chi connectivity index (χ0n) is 17.6. The van der Waals surface area contributed by atoms with Gasteiger partial charge in [0.05, 0.1) is 25.9 Å². The summed E-state index contributed by atoms with van der Waals surface area (Å²) >= 11 is 0. The molecule has 0 saturated carbocycles. The minimum absolute atomic E-state index is 0.0434. The predicted octanol–water partition coefficient (Wildman–Crippen LogP) is 5.20. The normalized spacial score (nSPS) is 19.3. The van der Waals surface area contributed by atoms with E-state index in [4.69, 9.17) is 14.6 Å². The SMILES string of the molecule is CCCCCCCCCCCCCCCNC(=O)OC[C@H]1CO[C@H](CO)C1. The maximum Gasteiger partial charge on any atom is 0.407 e. The van der Waals surface area contributed by atoms with Crippen molar-refractivity contribution < 1.29 is 19.4 Å². The minimum atomic E-state index is -0.332. The van der Waals surface area contributed by atoms with Gasteiger partial charge in [0.2, 0.25) is 0 Å². The van der Waals surface area contributed by atoms with E-state index in [1.165, 1.54) is 77.0 Å². The van der Waals surface area contributed by atoms with E-state index in [1.807, 2.05) is 0 Å². The Hall–Kier alpha value is -0.810. The van der Waals surface area contributed by atoms with Crippen molar-refractivity contribution in [2.24, 2.45) is 5.92 Å². The van der Waals surface area contributed by atoms with Crippen molar-refractivity contribution in [2.45, 2.75) is 103 Å². The number of hydrogen-bond donors (Lipinski definition) is 2. The molecule has 0 radical (unpaired) electrons. The second kappa shape index (κ2) is 17.3. The molecule has 1 heterocycles. The van der Waals surface area contributed by atoms with Gasteiger partial charge in [0.25, 0.3) is 0 Å². The van der Waals surface area contributed by atoms with Gasteiger partial charge in [-0.25, -0.2) is 4.79 Å². The lowest BCUT2D eigenvalue weighted by molar-refractivity contribution is 0.0547.